The van der Waals surface area contributed by atoms with E-state index in [0.29, 0.717) is 11.8 Å². The maximum absolute atomic E-state index is 6.41. The highest BCUT2D eigenvalue weighted by Crippen LogP contribution is 2.52. The van der Waals surface area contributed by atoms with Crippen molar-refractivity contribution in [2.24, 2.45) is 0 Å². The van der Waals surface area contributed by atoms with Gasteiger partial charge < -0.3 is 18.6 Å². The van der Waals surface area contributed by atoms with Gasteiger partial charge in [-0.2, -0.15) is 0 Å². The summed E-state index contributed by atoms with van der Waals surface area (Å²) in [5.74, 6) is 0.807. The lowest BCUT2D eigenvalue weighted by Gasteiger charge is -2.33. The Morgan fingerprint density at radius 1 is 0.364 bits per heavy atom. The molecule has 0 saturated heterocycles. The topological polar surface area (TPSA) is 32.8 Å². The summed E-state index contributed by atoms with van der Waals surface area (Å²) in [5.41, 5.74) is 13.9. The van der Waals surface area contributed by atoms with Crippen LogP contribution in [0.25, 0.3) is 76.2 Å². The zero-order chi connectivity index (χ0) is 45.0. The van der Waals surface area contributed by atoms with Crippen LogP contribution in [0.4, 0.5) is 34.1 Å². The Bertz CT molecular complexity index is 3570. The number of hydrogen-bond donors (Lipinski definition) is 0. The van der Waals surface area contributed by atoms with Crippen LogP contribution in [0.3, 0.4) is 0 Å². The summed E-state index contributed by atoms with van der Waals surface area (Å²) in [6.07, 6.45) is 0. The largest absolute Gasteiger partial charge is 0.456 e. The molecule has 0 bridgehead atoms. The number of rotatable bonds is 8. The molecule has 322 valence electrons. The fourth-order valence-electron chi connectivity index (χ4n) is 10.3. The van der Waals surface area contributed by atoms with Crippen molar-refractivity contribution >= 4 is 110 Å². The van der Waals surface area contributed by atoms with Crippen molar-refractivity contribution in [1.29, 1.82) is 0 Å². The van der Waals surface area contributed by atoms with Crippen LogP contribution in [-0.2, 0) is 5.41 Å². The van der Waals surface area contributed by atoms with Gasteiger partial charge in [-0.3, -0.25) is 0 Å². The molecule has 12 aromatic rings. The van der Waals surface area contributed by atoms with Crippen molar-refractivity contribution in [1.82, 2.24) is 0 Å². The number of para-hydroxylation sites is 2. The molecular weight excluding hydrogens is 805 g/mol. The molecule has 0 N–H and O–H groups in total. The molecule has 0 spiro atoms. The Kier molecular flexibility index (Phi) is 9.09. The maximum atomic E-state index is 6.41. The summed E-state index contributed by atoms with van der Waals surface area (Å²) in [6, 6.07) is 65.0. The lowest BCUT2D eigenvalue weighted by atomic mass is 9.83. The second kappa shape index (κ2) is 15.0. The first-order valence-corrected chi connectivity index (χ1v) is 23.4. The van der Waals surface area contributed by atoms with Crippen molar-refractivity contribution in [3.05, 3.63) is 193 Å². The van der Waals surface area contributed by atoms with Crippen LogP contribution in [0.1, 0.15) is 77.0 Å². The van der Waals surface area contributed by atoms with Gasteiger partial charge in [-0.05, 0) is 129 Å². The lowest BCUT2D eigenvalue weighted by Crippen LogP contribution is -2.15. The summed E-state index contributed by atoms with van der Waals surface area (Å²) in [6.45, 7) is 16.0. The van der Waals surface area contributed by atoms with Gasteiger partial charge in [0.1, 0.15) is 22.3 Å². The minimum atomic E-state index is -0.00945. The highest BCUT2D eigenvalue weighted by Gasteiger charge is 2.27. The summed E-state index contributed by atoms with van der Waals surface area (Å²) in [7, 11) is 0. The molecule has 4 heteroatoms. The molecule has 2 heterocycles. The van der Waals surface area contributed by atoms with Gasteiger partial charge in [-0.15, -0.1) is 0 Å². The van der Waals surface area contributed by atoms with Crippen LogP contribution < -0.4 is 9.80 Å². The Labute approximate surface area is 385 Å². The van der Waals surface area contributed by atoms with E-state index in [2.05, 4.69) is 222 Å². The van der Waals surface area contributed by atoms with E-state index in [0.717, 1.165) is 78.0 Å². The number of furan rings is 2. The third-order valence-electron chi connectivity index (χ3n) is 13.9. The molecule has 0 amide bonds. The summed E-state index contributed by atoms with van der Waals surface area (Å²) >= 11 is 0. The van der Waals surface area contributed by atoms with Crippen molar-refractivity contribution in [2.75, 3.05) is 9.80 Å². The number of hydrogen-bond acceptors (Lipinski definition) is 4. The Morgan fingerprint density at radius 3 is 1.20 bits per heavy atom. The van der Waals surface area contributed by atoms with E-state index in [1.54, 1.807) is 0 Å². The smallest absolute Gasteiger partial charge is 0.135 e. The van der Waals surface area contributed by atoms with Gasteiger partial charge in [-0.1, -0.05) is 146 Å². The molecule has 0 aliphatic rings. The van der Waals surface area contributed by atoms with Gasteiger partial charge in [0.05, 0.1) is 11.4 Å². The SMILES string of the molecule is CC(C)c1ccc(N(c2ccc3oc4ccccc4c3c2)c2cc(N(c3ccc(C(C)C)cc3)c3ccc4oc5ccccc5c4c3)c3ccc4cc(C(C)(C)C)cc5ccc2c3c54)cc1. The normalized spacial score (nSPS) is 12.4. The van der Waals surface area contributed by atoms with Gasteiger partial charge in [0.2, 0.25) is 0 Å². The number of anilines is 6. The van der Waals surface area contributed by atoms with Crippen LogP contribution in [-0.4, -0.2) is 0 Å². The fourth-order valence-corrected chi connectivity index (χ4v) is 10.3. The van der Waals surface area contributed by atoms with E-state index < -0.39 is 0 Å². The highest BCUT2D eigenvalue weighted by atomic mass is 16.3. The maximum Gasteiger partial charge on any atom is 0.135 e. The van der Waals surface area contributed by atoms with E-state index in [1.165, 1.54) is 49.0 Å². The Morgan fingerprint density at radius 2 is 0.773 bits per heavy atom. The van der Waals surface area contributed by atoms with Crippen LogP contribution in [0.15, 0.2) is 185 Å². The zero-order valence-corrected chi connectivity index (χ0v) is 38.6. The van der Waals surface area contributed by atoms with Gasteiger partial charge in [0.25, 0.3) is 0 Å². The second-order valence-electron chi connectivity index (χ2n) is 19.8. The third-order valence-corrected chi connectivity index (χ3v) is 13.9. The van der Waals surface area contributed by atoms with Crippen LogP contribution in [0, 0.1) is 0 Å². The van der Waals surface area contributed by atoms with Crippen LogP contribution in [0.5, 0.6) is 0 Å². The third kappa shape index (κ3) is 6.42. The number of benzene rings is 10. The molecule has 0 atom stereocenters. The quantitative estimate of drug-likeness (QED) is 0.143. The average molecular weight is 857 g/mol. The summed E-state index contributed by atoms with van der Waals surface area (Å²) in [5, 5.41) is 11.8. The lowest BCUT2D eigenvalue weighted by molar-refractivity contribution is 0.591. The van der Waals surface area contributed by atoms with Crippen LogP contribution in [0.2, 0.25) is 0 Å². The first-order chi connectivity index (χ1) is 32.0. The summed E-state index contributed by atoms with van der Waals surface area (Å²) < 4.78 is 12.8. The minimum absolute atomic E-state index is 0.00945. The molecule has 4 nitrogen and oxygen atoms in total. The molecular formula is C62H52N2O2. The van der Waals surface area contributed by atoms with E-state index >= 15 is 0 Å². The monoisotopic (exact) mass is 856 g/mol. The average Bonchev–Trinajstić information content (AvgIpc) is 3.89. The van der Waals surface area contributed by atoms with Crippen molar-refractivity contribution in [3.8, 4) is 0 Å². The molecule has 0 unspecified atom stereocenters. The molecule has 0 aliphatic heterocycles. The summed E-state index contributed by atoms with van der Waals surface area (Å²) in [4.78, 5) is 4.93. The standard InChI is InChI=1S/C62H52N2O2/c1-37(2)39-16-22-44(23-17-39)63(46-26-30-58-52(34-46)48-12-8-10-14-56(48)65-58)54-36-55(51-29-21-42-33-43(62(5,6)7)32-41-20-28-50(54)61(51)60(41)42)64(45-24-18-40(19-25-45)38(3)4)47-27-31-59-53(35-47)49-13-9-11-15-57(49)66-59/h8-38H,1-7H3. The Hall–Kier alpha value is -7.56. The first-order valence-electron chi connectivity index (χ1n) is 23.4. The predicted molar refractivity (Wildman–Crippen MR) is 281 cm³/mol. The van der Waals surface area contributed by atoms with Gasteiger partial charge >= 0.3 is 0 Å². The molecule has 12 rings (SSSR count). The highest BCUT2D eigenvalue weighted by molar-refractivity contribution is 6.29. The molecule has 0 saturated carbocycles. The van der Waals surface area contributed by atoms with E-state index in [-0.39, 0.29) is 5.41 Å². The number of nitrogens with zero attached hydrogens (tertiary/aromatic N) is 2. The second-order valence-corrected chi connectivity index (χ2v) is 19.8. The van der Waals surface area contributed by atoms with E-state index in [9.17, 15) is 0 Å². The predicted octanol–water partition coefficient (Wildman–Crippen LogP) is 18.9. The fraction of sp³-hybridized carbons (Fsp3) is 0.161. The van der Waals surface area contributed by atoms with Gasteiger partial charge in [0, 0.05) is 60.5 Å². The van der Waals surface area contributed by atoms with Crippen LogP contribution >= 0.6 is 0 Å². The van der Waals surface area contributed by atoms with E-state index in [4.69, 9.17) is 8.83 Å². The van der Waals surface area contributed by atoms with E-state index in [1.807, 2.05) is 12.1 Å². The zero-order valence-electron chi connectivity index (χ0n) is 38.6. The number of fused-ring (bicyclic) bond motifs is 6. The van der Waals surface area contributed by atoms with Crippen molar-refractivity contribution in [2.45, 2.75) is 65.7 Å². The van der Waals surface area contributed by atoms with Gasteiger partial charge in [0.15, 0.2) is 0 Å². The molecule has 0 radical (unpaired) electrons. The molecule has 10 aromatic carbocycles. The van der Waals surface area contributed by atoms with Gasteiger partial charge in [-0.25, -0.2) is 0 Å². The Balaban J connectivity index is 1.21. The molecule has 2 aromatic heterocycles. The van der Waals surface area contributed by atoms with Crippen molar-refractivity contribution in [3.63, 3.8) is 0 Å². The minimum Gasteiger partial charge on any atom is -0.456 e. The first kappa shape index (κ1) is 40.0. The molecule has 66 heavy (non-hydrogen) atoms. The molecule has 0 fully saturated rings. The molecule has 0 aliphatic carbocycles. The van der Waals surface area contributed by atoms with Crippen molar-refractivity contribution < 1.29 is 8.83 Å².